The van der Waals surface area contributed by atoms with Crippen LogP contribution in [0.1, 0.15) is 99.3 Å². The number of carbonyl (C=O) groups is 1. The Hall–Kier alpha value is -1.27. The number of carbonyl (C=O) groups excluding carboxylic acids is 1. The Kier molecular flexibility index (Phi) is 10.8. The maximum Gasteiger partial charge on any atom is 0.315 e. The van der Waals surface area contributed by atoms with Crippen LogP contribution in [0.5, 0.6) is 0 Å². The van der Waals surface area contributed by atoms with Crippen molar-refractivity contribution < 1.29 is 69.7 Å². The van der Waals surface area contributed by atoms with Crippen LogP contribution in [-0.4, -0.2) is 139 Å². The number of esters is 1. The highest BCUT2D eigenvalue weighted by Crippen LogP contribution is 2.76. The summed E-state index contributed by atoms with van der Waals surface area (Å²) in [5, 5.41) is 96.0. The standard InChI is InChI=1S/C41H66O14/c1-20-9-14-41(35(50)55-34-31(49)29(47)28(46)23(17-42)53-34)16-15-38(4)21(32(41)40(20,6)51)7-8-25-36(2)12-11-26(54-33-30(48)27(45)22(44)18-52-33)37(3,19-43)24(36)10-13-39(25,38)5/h7,20,22-34,42-49,51H,8-19H2,1-6H3/t20-,22+,23-,24?,25-,26+,27+,28-,29+,30-,31-,32-,33+,34+,36+,37+,38-,39-,40-,41+/m1/s1. The number of ether oxygens (including phenoxy) is 4. The van der Waals surface area contributed by atoms with E-state index in [9.17, 15) is 50.8 Å². The van der Waals surface area contributed by atoms with Crippen molar-refractivity contribution in [3.8, 4) is 0 Å². The van der Waals surface area contributed by atoms with Crippen molar-refractivity contribution in [2.45, 2.75) is 166 Å². The lowest BCUT2D eigenvalue weighted by atomic mass is 9.33. The third-order valence-corrected chi connectivity index (χ3v) is 17.4. The van der Waals surface area contributed by atoms with E-state index in [4.69, 9.17) is 18.9 Å². The molecule has 6 fully saturated rings. The molecule has 7 aliphatic rings. The largest absolute Gasteiger partial charge is 0.432 e. The minimum absolute atomic E-state index is 0.0469. The van der Waals surface area contributed by atoms with E-state index >= 15 is 0 Å². The Morgan fingerprint density at radius 3 is 2.18 bits per heavy atom. The van der Waals surface area contributed by atoms with Crippen molar-refractivity contribution in [1.29, 1.82) is 0 Å². The fraction of sp³-hybridized carbons (Fsp3) is 0.927. The molecule has 7 rings (SSSR count). The van der Waals surface area contributed by atoms with Crippen LogP contribution in [0, 0.1) is 50.7 Å². The first-order valence-electron chi connectivity index (χ1n) is 20.5. The van der Waals surface area contributed by atoms with Gasteiger partial charge in [-0.2, -0.15) is 0 Å². The molecular formula is C41H66O14. The molecule has 4 saturated carbocycles. The number of hydrogen-bond donors (Lipinski definition) is 9. The second-order valence-corrected chi connectivity index (χ2v) is 19.7. The summed E-state index contributed by atoms with van der Waals surface area (Å²) in [7, 11) is 0. The summed E-state index contributed by atoms with van der Waals surface area (Å²) in [6.45, 7) is 11.9. The zero-order chi connectivity index (χ0) is 40.3. The normalized spacial score (nSPS) is 56.6. The van der Waals surface area contributed by atoms with Crippen molar-refractivity contribution in [1.82, 2.24) is 0 Å². The minimum Gasteiger partial charge on any atom is -0.432 e. The van der Waals surface area contributed by atoms with Gasteiger partial charge < -0.3 is 64.9 Å². The highest BCUT2D eigenvalue weighted by atomic mass is 16.7. The fourth-order valence-corrected chi connectivity index (χ4v) is 13.5. The summed E-state index contributed by atoms with van der Waals surface area (Å²) in [6, 6.07) is 0. The number of aliphatic hydroxyl groups excluding tert-OH is 8. The molecule has 0 aromatic carbocycles. The van der Waals surface area contributed by atoms with Gasteiger partial charge in [-0.3, -0.25) is 4.79 Å². The quantitative estimate of drug-likeness (QED) is 0.104. The van der Waals surface area contributed by atoms with E-state index in [0.717, 1.165) is 24.8 Å². The minimum atomic E-state index is -1.73. The molecule has 2 saturated heterocycles. The number of fused-ring (bicyclic) bond motifs is 7. The van der Waals surface area contributed by atoms with Gasteiger partial charge in [0.1, 0.15) is 42.7 Å². The van der Waals surface area contributed by atoms with E-state index in [-0.39, 0.29) is 41.8 Å². The van der Waals surface area contributed by atoms with Gasteiger partial charge in [0.25, 0.3) is 0 Å². The summed E-state index contributed by atoms with van der Waals surface area (Å²) in [5.41, 5.74) is -2.97. The highest BCUT2D eigenvalue weighted by Gasteiger charge is 2.72. The Balaban J connectivity index is 1.20. The van der Waals surface area contributed by atoms with Crippen molar-refractivity contribution in [2.75, 3.05) is 19.8 Å². The molecule has 314 valence electrons. The monoisotopic (exact) mass is 782 g/mol. The molecule has 2 heterocycles. The SMILES string of the molecule is C[C@@H]1CC[C@]2(C(=O)O[C@@H]3O[C@H](CO)[C@@H](O)[C@H](O)[C@H]3O)CC[C@]3(C)C(=CC[C@@H]4[C@@]5(C)CC[C@H](O[C@@H]6OC[C@H](O)[C@H](O)[C@H]6O)[C@@](C)(CO)C5CC[C@]43C)[C@@H]2[C@]1(C)O. The number of hydrogen-bond acceptors (Lipinski definition) is 14. The molecule has 20 atom stereocenters. The first-order valence-corrected chi connectivity index (χ1v) is 20.5. The lowest BCUT2D eigenvalue weighted by molar-refractivity contribution is -0.313. The molecule has 0 aromatic rings. The predicted octanol–water partition coefficient (Wildman–Crippen LogP) is 0.899. The summed E-state index contributed by atoms with van der Waals surface area (Å²) < 4.78 is 23.5. The Labute approximate surface area is 323 Å². The zero-order valence-electron chi connectivity index (χ0n) is 33.2. The molecule has 0 radical (unpaired) electrons. The van der Waals surface area contributed by atoms with Crippen LogP contribution in [0.25, 0.3) is 0 Å². The van der Waals surface area contributed by atoms with Crippen LogP contribution >= 0.6 is 0 Å². The van der Waals surface area contributed by atoms with Gasteiger partial charge in [-0.15, -0.1) is 0 Å². The molecule has 0 bridgehead atoms. The highest BCUT2D eigenvalue weighted by molar-refractivity contribution is 5.79. The Bertz CT molecular complexity index is 1490. The van der Waals surface area contributed by atoms with E-state index in [0.29, 0.717) is 38.5 Å². The van der Waals surface area contributed by atoms with E-state index in [1.165, 1.54) is 0 Å². The van der Waals surface area contributed by atoms with Gasteiger partial charge in [0.15, 0.2) is 6.29 Å². The van der Waals surface area contributed by atoms with Crippen LogP contribution in [0.2, 0.25) is 0 Å². The van der Waals surface area contributed by atoms with E-state index < -0.39 is 102 Å². The third kappa shape index (κ3) is 5.89. The molecule has 14 nitrogen and oxygen atoms in total. The lowest BCUT2D eigenvalue weighted by Crippen LogP contribution is -2.69. The van der Waals surface area contributed by atoms with Crippen molar-refractivity contribution in [3.63, 3.8) is 0 Å². The van der Waals surface area contributed by atoms with E-state index in [1.807, 2.05) is 20.8 Å². The molecule has 0 amide bonds. The average molecular weight is 783 g/mol. The molecule has 14 heteroatoms. The van der Waals surface area contributed by atoms with Crippen LogP contribution in [-0.2, 0) is 23.7 Å². The summed E-state index contributed by atoms with van der Waals surface area (Å²) in [4.78, 5) is 14.6. The number of allylic oxidation sites excluding steroid dienone is 1. The van der Waals surface area contributed by atoms with Gasteiger partial charge >= 0.3 is 5.97 Å². The molecule has 5 aliphatic carbocycles. The zero-order valence-corrected chi connectivity index (χ0v) is 33.2. The number of aliphatic hydroxyl groups is 9. The summed E-state index contributed by atoms with van der Waals surface area (Å²) in [6.07, 6.45) is -5.44. The predicted molar refractivity (Wildman–Crippen MR) is 194 cm³/mol. The van der Waals surface area contributed by atoms with Crippen molar-refractivity contribution in [3.05, 3.63) is 11.6 Å². The molecule has 9 N–H and O–H groups in total. The van der Waals surface area contributed by atoms with Gasteiger partial charge in [-0.25, -0.2) is 0 Å². The fourth-order valence-electron chi connectivity index (χ4n) is 13.5. The van der Waals surface area contributed by atoms with E-state index in [2.05, 4.69) is 26.8 Å². The van der Waals surface area contributed by atoms with E-state index in [1.54, 1.807) is 0 Å². The van der Waals surface area contributed by atoms with Crippen LogP contribution in [0.4, 0.5) is 0 Å². The van der Waals surface area contributed by atoms with Crippen LogP contribution in [0.15, 0.2) is 11.6 Å². The molecule has 1 unspecified atom stereocenters. The van der Waals surface area contributed by atoms with Crippen molar-refractivity contribution >= 4 is 5.97 Å². The first kappa shape index (κ1) is 41.9. The smallest absolute Gasteiger partial charge is 0.315 e. The number of rotatable bonds is 6. The summed E-state index contributed by atoms with van der Waals surface area (Å²) in [5.74, 6) is -1.14. The Morgan fingerprint density at radius 1 is 0.818 bits per heavy atom. The molecule has 55 heavy (non-hydrogen) atoms. The molecule has 0 aromatic heterocycles. The van der Waals surface area contributed by atoms with Crippen LogP contribution in [0.3, 0.4) is 0 Å². The molecule has 2 aliphatic heterocycles. The van der Waals surface area contributed by atoms with Gasteiger partial charge in [0, 0.05) is 11.3 Å². The van der Waals surface area contributed by atoms with Gasteiger partial charge in [0.2, 0.25) is 6.29 Å². The first-order chi connectivity index (χ1) is 25.7. The second kappa shape index (κ2) is 14.2. The van der Waals surface area contributed by atoms with Gasteiger partial charge in [-0.05, 0) is 98.7 Å². The maximum absolute atomic E-state index is 14.6. The summed E-state index contributed by atoms with van der Waals surface area (Å²) >= 11 is 0. The molecular weight excluding hydrogens is 716 g/mol. The average Bonchev–Trinajstić information content (AvgIpc) is 3.14. The lowest BCUT2D eigenvalue weighted by Gasteiger charge is -2.72. The van der Waals surface area contributed by atoms with Crippen LogP contribution < -0.4 is 0 Å². The second-order valence-electron chi connectivity index (χ2n) is 19.7. The van der Waals surface area contributed by atoms with Gasteiger partial charge in [0.05, 0.1) is 36.9 Å². The maximum atomic E-state index is 14.6. The van der Waals surface area contributed by atoms with Crippen molar-refractivity contribution in [2.24, 2.45) is 50.7 Å². The Morgan fingerprint density at radius 2 is 1.51 bits per heavy atom. The third-order valence-electron chi connectivity index (χ3n) is 17.4. The topological polar surface area (TPSA) is 236 Å². The molecule has 0 spiro atoms. The van der Waals surface area contributed by atoms with Gasteiger partial charge in [-0.1, -0.05) is 46.3 Å².